The second-order valence-electron chi connectivity index (χ2n) is 4.40. The molecule has 0 bridgehead atoms. The molecule has 0 aromatic carbocycles. The topological polar surface area (TPSA) is 60.5 Å². The van der Waals surface area contributed by atoms with Gasteiger partial charge in [-0.2, -0.15) is 0 Å². The second-order valence-corrected chi connectivity index (χ2v) is 7.98. The average Bonchev–Trinajstić information content (AvgIpc) is 3.21. The van der Waals surface area contributed by atoms with Crippen LogP contribution in [0.3, 0.4) is 0 Å². The number of ether oxygens (including phenoxy) is 2. The molecule has 110 valence electrons. The zero-order chi connectivity index (χ0) is 13.9. The minimum Gasteiger partial charge on any atom is -0.398 e. The molecule has 5 nitrogen and oxygen atoms in total. The van der Waals surface area contributed by atoms with Crippen LogP contribution in [0.25, 0.3) is 0 Å². The number of hydrogen-bond donors (Lipinski definition) is 1. The lowest BCUT2D eigenvalue weighted by Crippen LogP contribution is -2.35. The molecule has 0 radical (unpaired) electrons. The lowest BCUT2D eigenvalue weighted by molar-refractivity contribution is 0.117. The number of hydrogen-bond acceptors (Lipinski definition) is 5. The molecule has 0 aromatic heterocycles. The highest BCUT2D eigenvalue weighted by Gasteiger charge is 2.27. The Morgan fingerprint density at radius 3 is 2.33 bits per heavy atom. The van der Waals surface area contributed by atoms with E-state index < -0.39 is 8.56 Å². The van der Waals surface area contributed by atoms with Crippen molar-refractivity contribution in [2.24, 2.45) is 0 Å². The molecule has 0 saturated carbocycles. The van der Waals surface area contributed by atoms with Gasteiger partial charge in [-0.3, -0.25) is 0 Å². The molecule has 1 rings (SSSR count). The van der Waals surface area contributed by atoms with Gasteiger partial charge in [0, 0.05) is 27.4 Å². The van der Waals surface area contributed by atoms with Gasteiger partial charge in [-0.25, -0.2) is 0 Å². The summed E-state index contributed by atoms with van der Waals surface area (Å²) >= 11 is 0. The molecule has 1 aliphatic rings. The molecule has 0 aliphatic carbocycles. The van der Waals surface area contributed by atoms with E-state index >= 15 is 0 Å². The van der Waals surface area contributed by atoms with Crippen LogP contribution in [0.15, 0.2) is 0 Å². The molecule has 1 unspecified atom stereocenters. The van der Waals surface area contributed by atoms with Gasteiger partial charge >= 0.3 is 8.56 Å². The SMILES string of the molecule is CCCOCC1CO1.CO[Si](C)(CCCO)OC. The fourth-order valence-corrected chi connectivity index (χ4v) is 2.59. The highest BCUT2D eigenvalue weighted by Crippen LogP contribution is 2.12. The Bertz CT molecular complexity index is 183. The maximum Gasteiger partial charge on any atom is 0.334 e. The Kier molecular flexibility index (Phi) is 10.9. The predicted octanol–water partition coefficient (Wildman–Crippen LogP) is 1.55. The second kappa shape index (κ2) is 10.9. The molecule has 1 saturated heterocycles. The largest absolute Gasteiger partial charge is 0.398 e. The monoisotopic (exact) mass is 280 g/mol. The zero-order valence-electron chi connectivity index (χ0n) is 12.1. The van der Waals surface area contributed by atoms with E-state index in [9.17, 15) is 0 Å². The third-order valence-electron chi connectivity index (χ3n) is 2.71. The number of epoxide rings is 1. The Balaban J connectivity index is 0.000000327. The molecule has 1 fully saturated rings. The van der Waals surface area contributed by atoms with E-state index in [1.54, 1.807) is 14.2 Å². The Hall–Kier alpha value is 0.0169. The van der Waals surface area contributed by atoms with E-state index in [1.807, 2.05) is 6.55 Å². The molecule has 0 spiro atoms. The first-order valence-electron chi connectivity index (χ1n) is 6.52. The van der Waals surface area contributed by atoms with Gasteiger partial charge in [-0.15, -0.1) is 0 Å². The fraction of sp³-hybridized carbons (Fsp3) is 1.00. The van der Waals surface area contributed by atoms with E-state index in [0.717, 1.165) is 38.7 Å². The van der Waals surface area contributed by atoms with E-state index in [-0.39, 0.29) is 6.61 Å². The summed E-state index contributed by atoms with van der Waals surface area (Å²) in [6, 6.07) is 0.858. The van der Waals surface area contributed by atoms with Gasteiger partial charge in [0.05, 0.1) is 13.2 Å². The lowest BCUT2D eigenvalue weighted by Gasteiger charge is -2.21. The first kappa shape index (κ1) is 18.0. The van der Waals surface area contributed by atoms with Crippen molar-refractivity contribution in [3.8, 4) is 0 Å². The van der Waals surface area contributed by atoms with Crippen molar-refractivity contribution in [1.29, 1.82) is 0 Å². The predicted molar refractivity (Wildman–Crippen MR) is 73.0 cm³/mol. The first-order valence-corrected chi connectivity index (χ1v) is 9.04. The van der Waals surface area contributed by atoms with Crippen molar-refractivity contribution in [2.75, 3.05) is 40.6 Å². The van der Waals surface area contributed by atoms with Crippen LogP contribution >= 0.6 is 0 Å². The first-order chi connectivity index (χ1) is 8.61. The van der Waals surface area contributed by atoms with Crippen LogP contribution in [0.2, 0.25) is 12.6 Å². The van der Waals surface area contributed by atoms with Crippen molar-refractivity contribution < 1.29 is 23.4 Å². The minimum absolute atomic E-state index is 0.218. The van der Waals surface area contributed by atoms with Crippen molar-refractivity contribution in [2.45, 2.75) is 38.5 Å². The summed E-state index contributed by atoms with van der Waals surface area (Å²) in [5, 5.41) is 8.53. The fourth-order valence-electron chi connectivity index (χ4n) is 1.21. The molecule has 1 N–H and O–H groups in total. The van der Waals surface area contributed by atoms with Crippen molar-refractivity contribution in [1.82, 2.24) is 0 Å². The average molecular weight is 280 g/mol. The van der Waals surface area contributed by atoms with Gasteiger partial charge in [-0.1, -0.05) is 6.92 Å². The van der Waals surface area contributed by atoms with Gasteiger partial charge < -0.3 is 23.4 Å². The third kappa shape index (κ3) is 9.99. The summed E-state index contributed by atoms with van der Waals surface area (Å²) in [4.78, 5) is 0. The van der Waals surface area contributed by atoms with Gasteiger partial charge in [0.1, 0.15) is 6.10 Å². The summed E-state index contributed by atoms with van der Waals surface area (Å²) in [7, 11) is 1.44. The molecule has 6 heteroatoms. The van der Waals surface area contributed by atoms with E-state index in [2.05, 4.69) is 6.92 Å². The molecule has 1 atom stereocenters. The molecule has 0 aromatic rings. The lowest BCUT2D eigenvalue weighted by atomic mass is 10.5. The van der Waals surface area contributed by atoms with Crippen LogP contribution in [0.4, 0.5) is 0 Å². The molecule has 1 heterocycles. The number of aliphatic hydroxyl groups is 1. The van der Waals surface area contributed by atoms with Crippen molar-refractivity contribution in [3.05, 3.63) is 0 Å². The molecular weight excluding hydrogens is 252 g/mol. The van der Waals surface area contributed by atoms with Crippen LogP contribution in [0.5, 0.6) is 0 Å². The van der Waals surface area contributed by atoms with Gasteiger partial charge in [0.2, 0.25) is 0 Å². The van der Waals surface area contributed by atoms with Crippen LogP contribution in [0.1, 0.15) is 19.8 Å². The molecular formula is C12H28O5Si. The maximum atomic E-state index is 8.53. The molecule has 1 aliphatic heterocycles. The summed E-state index contributed by atoms with van der Waals surface area (Å²) in [6.45, 7) is 6.89. The van der Waals surface area contributed by atoms with Crippen molar-refractivity contribution >= 4 is 8.56 Å². The number of aliphatic hydroxyl groups excluding tert-OH is 1. The Morgan fingerprint density at radius 1 is 1.33 bits per heavy atom. The van der Waals surface area contributed by atoms with Crippen molar-refractivity contribution in [3.63, 3.8) is 0 Å². The van der Waals surface area contributed by atoms with Gasteiger partial charge in [0.25, 0.3) is 0 Å². The summed E-state index contributed by atoms with van der Waals surface area (Å²) < 4.78 is 20.5. The van der Waals surface area contributed by atoms with Crippen LogP contribution in [-0.2, 0) is 18.3 Å². The van der Waals surface area contributed by atoms with E-state index in [1.165, 1.54) is 0 Å². The van der Waals surface area contributed by atoms with E-state index in [0.29, 0.717) is 6.10 Å². The maximum absolute atomic E-state index is 8.53. The van der Waals surface area contributed by atoms with E-state index in [4.69, 9.17) is 23.4 Å². The van der Waals surface area contributed by atoms with Crippen LogP contribution < -0.4 is 0 Å². The highest BCUT2D eigenvalue weighted by molar-refractivity contribution is 6.65. The van der Waals surface area contributed by atoms with Gasteiger partial charge in [0.15, 0.2) is 0 Å². The summed E-state index contributed by atoms with van der Waals surface area (Å²) in [5.41, 5.74) is 0. The molecule has 18 heavy (non-hydrogen) atoms. The summed E-state index contributed by atoms with van der Waals surface area (Å²) in [5.74, 6) is 0. The number of rotatable bonds is 9. The standard InChI is InChI=1S/C6H16O3Si.C6H12O2/c1-8-10(3,9-2)6-4-5-7;1-2-3-7-4-6-5-8-6/h7H,4-6H2,1-3H3;6H,2-5H2,1H3. The quantitative estimate of drug-likeness (QED) is 0.394. The Labute approximate surface area is 112 Å². The smallest absolute Gasteiger partial charge is 0.334 e. The Morgan fingerprint density at radius 2 is 1.94 bits per heavy atom. The van der Waals surface area contributed by atoms with Crippen LogP contribution in [0, 0.1) is 0 Å². The van der Waals surface area contributed by atoms with Gasteiger partial charge in [-0.05, 0) is 25.4 Å². The third-order valence-corrected chi connectivity index (χ3v) is 5.70. The molecule has 0 amide bonds. The van der Waals surface area contributed by atoms with Crippen LogP contribution in [-0.4, -0.2) is 60.4 Å². The normalized spacial score (nSPS) is 18.2. The zero-order valence-corrected chi connectivity index (χ0v) is 13.1. The minimum atomic E-state index is -1.88. The highest BCUT2D eigenvalue weighted by atomic mass is 28.4. The summed E-state index contributed by atoms with van der Waals surface area (Å²) in [6.07, 6.45) is 2.30.